The summed E-state index contributed by atoms with van der Waals surface area (Å²) in [5, 5.41) is 14.3. The van der Waals surface area contributed by atoms with Gasteiger partial charge in [0.05, 0.1) is 6.42 Å². The van der Waals surface area contributed by atoms with Crippen LogP contribution >= 0.6 is 0 Å². The summed E-state index contributed by atoms with van der Waals surface area (Å²) < 4.78 is 0. The molecule has 1 unspecified atom stereocenters. The molecule has 20 heavy (non-hydrogen) atoms. The van der Waals surface area contributed by atoms with Crippen molar-refractivity contribution < 1.29 is 19.5 Å². The largest absolute Gasteiger partial charge is 0.481 e. The van der Waals surface area contributed by atoms with E-state index in [2.05, 4.69) is 10.6 Å². The summed E-state index contributed by atoms with van der Waals surface area (Å²) in [5.41, 5.74) is -0.803. The number of rotatable bonds is 9. The molecule has 0 aliphatic rings. The normalized spacial score (nSPS) is 13.7. The molecule has 0 fully saturated rings. The second-order valence-corrected chi connectivity index (χ2v) is 5.54. The molecule has 116 valence electrons. The number of hydrogen-bond donors (Lipinski definition) is 3. The summed E-state index contributed by atoms with van der Waals surface area (Å²) in [6, 6.07) is 0. The van der Waals surface area contributed by atoms with E-state index in [0.29, 0.717) is 6.54 Å². The van der Waals surface area contributed by atoms with Crippen molar-refractivity contribution in [1.82, 2.24) is 10.6 Å². The number of carboxylic acid groups (broad SMARTS) is 1. The van der Waals surface area contributed by atoms with E-state index in [4.69, 9.17) is 5.11 Å². The van der Waals surface area contributed by atoms with Crippen LogP contribution in [0.15, 0.2) is 0 Å². The molecule has 0 radical (unpaired) electrons. The summed E-state index contributed by atoms with van der Waals surface area (Å²) in [6.07, 6.45) is 0.894. The highest BCUT2D eigenvalue weighted by atomic mass is 16.4. The average molecular weight is 286 g/mol. The van der Waals surface area contributed by atoms with Gasteiger partial charge in [0.2, 0.25) is 11.8 Å². The highest BCUT2D eigenvalue weighted by Gasteiger charge is 2.32. The van der Waals surface area contributed by atoms with E-state index < -0.39 is 11.5 Å². The van der Waals surface area contributed by atoms with E-state index in [-0.39, 0.29) is 37.0 Å². The van der Waals surface area contributed by atoms with Crippen LogP contribution < -0.4 is 10.6 Å². The first-order valence-electron chi connectivity index (χ1n) is 7.00. The van der Waals surface area contributed by atoms with Gasteiger partial charge in [-0.05, 0) is 19.3 Å². The van der Waals surface area contributed by atoms with Crippen molar-refractivity contribution in [2.45, 2.75) is 58.9 Å². The van der Waals surface area contributed by atoms with Crippen molar-refractivity contribution in [3.05, 3.63) is 0 Å². The monoisotopic (exact) mass is 286 g/mol. The average Bonchev–Trinajstić information content (AvgIpc) is 2.32. The molecule has 6 nitrogen and oxygen atoms in total. The van der Waals surface area contributed by atoms with E-state index in [1.165, 1.54) is 0 Å². The SMILES string of the molecule is CCCNC(=O)CCC(=O)NC(C)(CC(=O)O)C(C)C. The lowest BCUT2D eigenvalue weighted by atomic mass is 9.85. The Bertz CT molecular complexity index is 355. The van der Waals surface area contributed by atoms with Gasteiger partial charge < -0.3 is 15.7 Å². The summed E-state index contributed by atoms with van der Waals surface area (Å²) in [6.45, 7) is 7.98. The number of carbonyl (C=O) groups excluding carboxylic acids is 2. The van der Waals surface area contributed by atoms with Gasteiger partial charge in [-0.3, -0.25) is 14.4 Å². The molecule has 0 aromatic heterocycles. The highest BCUT2D eigenvalue weighted by Crippen LogP contribution is 2.21. The molecule has 0 heterocycles. The zero-order chi connectivity index (χ0) is 15.8. The van der Waals surface area contributed by atoms with E-state index in [1.807, 2.05) is 20.8 Å². The van der Waals surface area contributed by atoms with E-state index >= 15 is 0 Å². The maximum absolute atomic E-state index is 11.8. The molecule has 3 N–H and O–H groups in total. The van der Waals surface area contributed by atoms with E-state index in [0.717, 1.165) is 6.42 Å². The number of amides is 2. The second kappa shape index (κ2) is 8.55. The quantitative estimate of drug-likeness (QED) is 0.595. The fraction of sp³-hybridized carbons (Fsp3) is 0.786. The van der Waals surface area contributed by atoms with Gasteiger partial charge in [0, 0.05) is 24.9 Å². The van der Waals surface area contributed by atoms with Gasteiger partial charge in [0.1, 0.15) is 0 Å². The smallest absolute Gasteiger partial charge is 0.305 e. The highest BCUT2D eigenvalue weighted by molar-refractivity contribution is 5.84. The fourth-order valence-electron chi connectivity index (χ4n) is 1.67. The van der Waals surface area contributed by atoms with Gasteiger partial charge in [0.15, 0.2) is 0 Å². The molecule has 0 aliphatic heterocycles. The standard InChI is InChI=1S/C14H26N2O4/c1-5-8-15-11(17)6-7-12(18)16-14(4,10(2)3)9-13(19)20/h10H,5-9H2,1-4H3,(H,15,17)(H,16,18)(H,19,20). The Kier molecular flexibility index (Phi) is 7.87. The van der Waals surface area contributed by atoms with Crippen LogP contribution in [-0.2, 0) is 14.4 Å². The Hall–Kier alpha value is -1.59. The van der Waals surface area contributed by atoms with Crippen molar-refractivity contribution in [2.24, 2.45) is 5.92 Å². The molecule has 0 saturated heterocycles. The minimum absolute atomic E-state index is 0.0172. The Morgan fingerprint density at radius 2 is 1.70 bits per heavy atom. The molecule has 0 aromatic carbocycles. The minimum atomic E-state index is -0.956. The zero-order valence-corrected chi connectivity index (χ0v) is 12.8. The first-order valence-corrected chi connectivity index (χ1v) is 7.00. The number of aliphatic carboxylic acids is 1. The molecule has 6 heteroatoms. The van der Waals surface area contributed by atoms with Gasteiger partial charge in [-0.15, -0.1) is 0 Å². The third-order valence-corrected chi connectivity index (χ3v) is 3.37. The van der Waals surface area contributed by atoms with Crippen molar-refractivity contribution >= 4 is 17.8 Å². The van der Waals surface area contributed by atoms with Crippen LogP contribution in [0.25, 0.3) is 0 Å². The van der Waals surface area contributed by atoms with Crippen LogP contribution in [0, 0.1) is 5.92 Å². The lowest BCUT2D eigenvalue weighted by molar-refractivity contribution is -0.139. The maximum atomic E-state index is 11.8. The van der Waals surface area contributed by atoms with Crippen molar-refractivity contribution in [3.63, 3.8) is 0 Å². The third kappa shape index (κ3) is 7.11. The predicted octanol–water partition coefficient (Wildman–Crippen LogP) is 1.30. The predicted molar refractivity (Wildman–Crippen MR) is 76.2 cm³/mol. The number of nitrogens with one attached hydrogen (secondary N) is 2. The Morgan fingerprint density at radius 3 is 2.15 bits per heavy atom. The summed E-state index contributed by atoms with van der Waals surface area (Å²) in [7, 11) is 0. The van der Waals surface area contributed by atoms with Gasteiger partial charge in [0.25, 0.3) is 0 Å². The molecule has 0 bridgehead atoms. The van der Waals surface area contributed by atoms with Crippen molar-refractivity contribution in [1.29, 1.82) is 0 Å². The molecule has 0 saturated carbocycles. The van der Waals surface area contributed by atoms with Crippen molar-refractivity contribution in [2.75, 3.05) is 6.54 Å². The van der Waals surface area contributed by atoms with E-state index in [9.17, 15) is 14.4 Å². The van der Waals surface area contributed by atoms with Gasteiger partial charge in [-0.2, -0.15) is 0 Å². The Balaban J connectivity index is 4.34. The lowest BCUT2D eigenvalue weighted by Gasteiger charge is -2.33. The van der Waals surface area contributed by atoms with Crippen LogP contribution in [0.4, 0.5) is 0 Å². The first-order chi connectivity index (χ1) is 9.21. The molecule has 0 aromatic rings. The van der Waals surface area contributed by atoms with Crippen LogP contribution in [-0.4, -0.2) is 35.0 Å². The minimum Gasteiger partial charge on any atom is -0.481 e. The van der Waals surface area contributed by atoms with Crippen LogP contribution in [0.1, 0.15) is 53.4 Å². The molecule has 0 rings (SSSR count). The van der Waals surface area contributed by atoms with Gasteiger partial charge in [-0.1, -0.05) is 20.8 Å². The molecular formula is C14H26N2O4. The molecular weight excluding hydrogens is 260 g/mol. The summed E-state index contributed by atoms with van der Waals surface area (Å²) in [5.74, 6) is -1.43. The van der Waals surface area contributed by atoms with Crippen LogP contribution in [0.2, 0.25) is 0 Å². The van der Waals surface area contributed by atoms with Crippen LogP contribution in [0.3, 0.4) is 0 Å². The summed E-state index contributed by atoms with van der Waals surface area (Å²) >= 11 is 0. The first kappa shape index (κ1) is 18.4. The summed E-state index contributed by atoms with van der Waals surface area (Å²) in [4.78, 5) is 34.1. The Labute approximate surface area is 120 Å². The number of hydrogen-bond acceptors (Lipinski definition) is 3. The Morgan fingerprint density at radius 1 is 1.15 bits per heavy atom. The second-order valence-electron chi connectivity index (χ2n) is 5.54. The lowest BCUT2D eigenvalue weighted by Crippen LogP contribution is -2.51. The van der Waals surface area contributed by atoms with Crippen molar-refractivity contribution in [3.8, 4) is 0 Å². The van der Waals surface area contributed by atoms with E-state index in [1.54, 1.807) is 6.92 Å². The van der Waals surface area contributed by atoms with Crippen LogP contribution in [0.5, 0.6) is 0 Å². The number of carbonyl (C=O) groups is 3. The number of carboxylic acids is 1. The molecule has 0 aliphatic carbocycles. The van der Waals surface area contributed by atoms with Gasteiger partial charge in [-0.25, -0.2) is 0 Å². The topological polar surface area (TPSA) is 95.5 Å². The molecule has 0 spiro atoms. The maximum Gasteiger partial charge on any atom is 0.305 e. The molecule has 2 amide bonds. The van der Waals surface area contributed by atoms with Gasteiger partial charge >= 0.3 is 5.97 Å². The molecule has 1 atom stereocenters. The fourth-order valence-corrected chi connectivity index (χ4v) is 1.67. The zero-order valence-electron chi connectivity index (χ0n) is 12.8. The third-order valence-electron chi connectivity index (χ3n) is 3.37.